The Morgan fingerprint density at radius 2 is 1.53 bits per heavy atom. The highest BCUT2D eigenvalue weighted by Crippen LogP contribution is 2.30. The standard InChI is InChI=1S/C36H36Cl3FN2O5/c1-23(2)25-12-16-27(17-13-25)47-36(3,34(43)44)22-24-10-14-26(15-11-24)46-21-20-42(19-18-28-29(37)6-4-8-31(28)40)35(45)41-32-9-5-7-30(38)33(32)39/h4-17,23H,18-22H2,1-3H3,(H,41,45)(H,43,44). The predicted molar refractivity (Wildman–Crippen MR) is 185 cm³/mol. The van der Waals surface area contributed by atoms with Gasteiger partial charge in [-0.25, -0.2) is 14.0 Å². The summed E-state index contributed by atoms with van der Waals surface area (Å²) in [6, 6.07) is 23.3. The van der Waals surface area contributed by atoms with Crippen LogP contribution in [0.1, 0.15) is 43.4 Å². The van der Waals surface area contributed by atoms with Crippen LogP contribution in [0.3, 0.4) is 0 Å². The summed E-state index contributed by atoms with van der Waals surface area (Å²) in [6.07, 6.45) is 0.288. The molecule has 0 bridgehead atoms. The van der Waals surface area contributed by atoms with Crippen molar-refractivity contribution in [2.24, 2.45) is 0 Å². The first-order chi connectivity index (χ1) is 22.4. The van der Waals surface area contributed by atoms with Crippen LogP contribution < -0.4 is 14.8 Å². The molecule has 2 amide bonds. The number of nitrogens with one attached hydrogen (secondary N) is 1. The normalized spacial score (nSPS) is 12.3. The van der Waals surface area contributed by atoms with Crippen LogP contribution in [0, 0.1) is 5.82 Å². The number of ether oxygens (including phenoxy) is 2. The fourth-order valence-electron chi connectivity index (χ4n) is 4.83. The quantitative estimate of drug-likeness (QED) is 0.137. The summed E-state index contributed by atoms with van der Waals surface area (Å²) in [5.41, 5.74) is 1.01. The molecule has 1 unspecified atom stereocenters. The van der Waals surface area contributed by atoms with Gasteiger partial charge in [0.15, 0.2) is 0 Å². The van der Waals surface area contributed by atoms with Gasteiger partial charge in [0.2, 0.25) is 5.60 Å². The van der Waals surface area contributed by atoms with Crippen LogP contribution in [0.15, 0.2) is 84.9 Å². The van der Waals surface area contributed by atoms with E-state index >= 15 is 0 Å². The number of benzene rings is 4. The van der Waals surface area contributed by atoms with Crippen molar-refractivity contribution in [3.8, 4) is 11.5 Å². The van der Waals surface area contributed by atoms with Gasteiger partial charge in [-0.2, -0.15) is 0 Å². The lowest BCUT2D eigenvalue weighted by molar-refractivity contribution is -0.153. The number of urea groups is 1. The number of carboxylic acids is 1. The van der Waals surface area contributed by atoms with Gasteiger partial charge in [-0.15, -0.1) is 0 Å². The molecule has 0 aromatic heterocycles. The highest BCUT2D eigenvalue weighted by atomic mass is 35.5. The molecule has 248 valence electrons. The van der Waals surface area contributed by atoms with Gasteiger partial charge in [0.25, 0.3) is 0 Å². The van der Waals surface area contributed by atoms with Crippen LogP contribution in [0.5, 0.6) is 11.5 Å². The molecule has 4 aromatic rings. The van der Waals surface area contributed by atoms with Crippen LogP contribution >= 0.6 is 34.8 Å². The molecule has 0 radical (unpaired) electrons. The Morgan fingerprint density at radius 3 is 2.17 bits per heavy atom. The van der Waals surface area contributed by atoms with Gasteiger partial charge in [-0.1, -0.05) is 85.0 Å². The summed E-state index contributed by atoms with van der Waals surface area (Å²) in [6.45, 7) is 6.12. The van der Waals surface area contributed by atoms with E-state index in [4.69, 9.17) is 44.3 Å². The Bertz CT molecular complexity index is 1670. The summed E-state index contributed by atoms with van der Waals surface area (Å²) in [7, 11) is 0. The molecule has 0 saturated carbocycles. The van der Waals surface area contributed by atoms with Gasteiger partial charge in [-0.3, -0.25) is 0 Å². The molecule has 1 atom stereocenters. The highest BCUT2D eigenvalue weighted by Gasteiger charge is 2.36. The van der Waals surface area contributed by atoms with E-state index in [9.17, 15) is 19.1 Å². The van der Waals surface area contributed by atoms with E-state index in [1.54, 1.807) is 67.6 Å². The van der Waals surface area contributed by atoms with Crippen molar-refractivity contribution >= 4 is 52.5 Å². The van der Waals surface area contributed by atoms with Crippen molar-refractivity contribution in [3.63, 3.8) is 0 Å². The van der Waals surface area contributed by atoms with Crippen molar-refractivity contribution in [2.45, 2.75) is 45.1 Å². The van der Waals surface area contributed by atoms with Gasteiger partial charge < -0.3 is 24.8 Å². The number of anilines is 1. The van der Waals surface area contributed by atoms with Gasteiger partial charge in [0, 0.05) is 23.6 Å². The highest BCUT2D eigenvalue weighted by molar-refractivity contribution is 6.44. The molecule has 0 spiro atoms. The van der Waals surface area contributed by atoms with E-state index in [2.05, 4.69) is 19.2 Å². The van der Waals surface area contributed by atoms with Crippen molar-refractivity contribution < 1.29 is 28.6 Å². The lowest BCUT2D eigenvalue weighted by Crippen LogP contribution is -2.43. The minimum Gasteiger partial charge on any atom is -0.492 e. The molecule has 47 heavy (non-hydrogen) atoms. The number of amides is 2. The lowest BCUT2D eigenvalue weighted by atomic mass is 9.96. The number of hydrogen-bond acceptors (Lipinski definition) is 4. The average molecular weight is 702 g/mol. The van der Waals surface area contributed by atoms with Crippen LogP contribution in [0.25, 0.3) is 0 Å². The van der Waals surface area contributed by atoms with E-state index in [1.165, 1.54) is 17.0 Å². The fraction of sp³-hybridized carbons (Fsp3) is 0.278. The van der Waals surface area contributed by atoms with E-state index in [0.717, 1.165) is 11.1 Å². The number of aliphatic carboxylic acids is 1. The maximum absolute atomic E-state index is 14.4. The van der Waals surface area contributed by atoms with Crippen molar-refractivity contribution in [1.82, 2.24) is 4.90 Å². The number of rotatable bonds is 14. The predicted octanol–water partition coefficient (Wildman–Crippen LogP) is 9.53. The second kappa shape index (κ2) is 16.2. The minimum atomic E-state index is -1.50. The van der Waals surface area contributed by atoms with Crippen molar-refractivity contribution in [1.29, 1.82) is 0 Å². The van der Waals surface area contributed by atoms with E-state index in [0.29, 0.717) is 28.7 Å². The molecular weight excluding hydrogens is 666 g/mol. The van der Waals surface area contributed by atoms with E-state index < -0.39 is 23.4 Å². The van der Waals surface area contributed by atoms with Gasteiger partial charge in [-0.05, 0) is 78.9 Å². The summed E-state index contributed by atoms with van der Waals surface area (Å²) in [5, 5.41) is 13.5. The second-order valence-corrected chi connectivity index (χ2v) is 12.7. The number of carbonyl (C=O) groups excluding carboxylic acids is 1. The molecule has 0 fully saturated rings. The molecule has 7 nitrogen and oxygen atoms in total. The van der Waals surface area contributed by atoms with Gasteiger partial charge in [0.1, 0.15) is 23.9 Å². The smallest absolute Gasteiger partial charge is 0.348 e. The first kappa shape index (κ1) is 35.9. The molecule has 0 heterocycles. The van der Waals surface area contributed by atoms with Crippen LogP contribution in [0.4, 0.5) is 14.9 Å². The Kier molecular flexibility index (Phi) is 12.4. The van der Waals surface area contributed by atoms with E-state index in [1.807, 2.05) is 12.1 Å². The first-order valence-corrected chi connectivity index (χ1v) is 16.2. The maximum atomic E-state index is 14.4. The van der Waals surface area contributed by atoms with E-state index in [-0.39, 0.29) is 47.6 Å². The zero-order valence-corrected chi connectivity index (χ0v) is 28.5. The summed E-state index contributed by atoms with van der Waals surface area (Å²) < 4.78 is 26.3. The molecule has 4 rings (SSSR count). The van der Waals surface area contributed by atoms with Crippen molar-refractivity contribution in [3.05, 3.63) is 123 Å². The Hall–Kier alpha value is -3.98. The van der Waals surface area contributed by atoms with Gasteiger partial charge in [0.05, 0.1) is 22.3 Å². The van der Waals surface area contributed by atoms with Crippen LogP contribution in [-0.2, 0) is 17.6 Å². The third kappa shape index (κ3) is 9.76. The van der Waals surface area contributed by atoms with Crippen LogP contribution in [-0.4, -0.2) is 47.3 Å². The molecule has 2 N–H and O–H groups in total. The van der Waals surface area contributed by atoms with Gasteiger partial charge >= 0.3 is 12.0 Å². The number of carboxylic acid groups (broad SMARTS) is 1. The molecule has 0 saturated heterocycles. The third-order valence-corrected chi connectivity index (χ3v) is 8.78. The molecule has 4 aromatic carbocycles. The fourth-order valence-corrected chi connectivity index (χ4v) is 5.44. The number of carbonyl (C=O) groups is 2. The number of hydrogen-bond donors (Lipinski definition) is 2. The Morgan fingerprint density at radius 1 is 0.894 bits per heavy atom. The van der Waals surface area contributed by atoms with Crippen LogP contribution in [0.2, 0.25) is 15.1 Å². The SMILES string of the molecule is CC(C)c1ccc(OC(C)(Cc2ccc(OCCN(CCc3c(F)cccc3Cl)C(=O)Nc3cccc(Cl)c3Cl)cc2)C(=O)O)cc1. The lowest BCUT2D eigenvalue weighted by Gasteiger charge is -2.27. The first-order valence-electron chi connectivity index (χ1n) is 15.0. The molecule has 0 aliphatic carbocycles. The largest absolute Gasteiger partial charge is 0.492 e. The minimum absolute atomic E-state index is 0.114. The monoisotopic (exact) mass is 700 g/mol. The summed E-state index contributed by atoms with van der Waals surface area (Å²) in [4.78, 5) is 27.0. The van der Waals surface area contributed by atoms with Crippen molar-refractivity contribution in [2.75, 3.05) is 25.0 Å². The molecule has 0 aliphatic heterocycles. The third-order valence-electron chi connectivity index (χ3n) is 7.61. The molecule has 11 heteroatoms. The number of halogens is 4. The Labute approximate surface area is 289 Å². The summed E-state index contributed by atoms with van der Waals surface area (Å²) >= 11 is 18.6. The zero-order chi connectivity index (χ0) is 34.1. The average Bonchev–Trinajstić information content (AvgIpc) is 3.03. The summed E-state index contributed by atoms with van der Waals surface area (Å²) in [5.74, 6) is -0.198. The maximum Gasteiger partial charge on any atom is 0.348 e. The number of nitrogens with zero attached hydrogens (tertiary/aromatic N) is 1. The molecule has 0 aliphatic rings. The molecular formula is C36H36Cl3FN2O5. The Balaban J connectivity index is 1.40. The second-order valence-electron chi connectivity index (χ2n) is 11.5. The zero-order valence-electron chi connectivity index (χ0n) is 26.2. The topological polar surface area (TPSA) is 88.1 Å².